The van der Waals surface area contributed by atoms with E-state index >= 15 is 0 Å². The van der Waals surface area contributed by atoms with Crippen molar-refractivity contribution in [2.24, 2.45) is 0 Å². The zero-order valence-corrected chi connectivity index (χ0v) is 7.16. The first-order valence-electron chi connectivity index (χ1n) is 3.99. The lowest BCUT2D eigenvalue weighted by molar-refractivity contribution is 0.472. The molecule has 0 radical (unpaired) electrons. The second-order valence-corrected chi connectivity index (χ2v) is 3.05. The summed E-state index contributed by atoms with van der Waals surface area (Å²) in [4.78, 5) is 13.6. The maximum Gasteiger partial charge on any atom is 0.248 e. The summed E-state index contributed by atoms with van der Waals surface area (Å²) in [6.07, 6.45) is 0. The van der Waals surface area contributed by atoms with Gasteiger partial charge in [0.05, 0.1) is 5.52 Å². The van der Waals surface area contributed by atoms with Crippen LogP contribution in [-0.2, 0) is 0 Å². The number of aromatic hydroxyl groups is 1. The summed E-state index contributed by atoms with van der Waals surface area (Å²) >= 11 is 0. The molecule has 1 aromatic heterocycles. The van der Waals surface area contributed by atoms with E-state index < -0.39 is 0 Å². The summed E-state index contributed by atoms with van der Waals surface area (Å²) in [5, 5.41) is 10.3. The van der Waals surface area contributed by atoms with Crippen LogP contribution in [0.5, 0.6) is 5.75 Å². The Morgan fingerprint density at radius 1 is 1.31 bits per heavy atom. The molecule has 0 aliphatic heterocycles. The number of nitrogens with one attached hydrogen (secondary N) is 1. The van der Waals surface area contributed by atoms with Crippen molar-refractivity contribution in [2.45, 2.75) is 6.92 Å². The number of fused-ring (bicyclic) bond motifs is 1. The quantitative estimate of drug-likeness (QED) is 0.638. The molecule has 0 amide bonds. The molecule has 0 bridgehead atoms. The number of aryl methyl sites for hydroxylation is 1. The van der Waals surface area contributed by atoms with Crippen LogP contribution >= 0.6 is 0 Å². The van der Waals surface area contributed by atoms with Gasteiger partial charge in [0.1, 0.15) is 5.75 Å². The number of aromatic amines is 1. The van der Waals surface area contributed by atoms with Gasteiger partial charge in [-0.2, -0.15) is 0 Å². The molecule has 0 saturated heterocycles. The molecule has 0 aliphatic carbocycles. The number of hydrogen-bond donors (Lipinski definition) is 2. The number of phenolic OH excluding ortho intramolecular Hbond substituents is 1. The molecule has 0 unspecified atom stereocenters. The SMILES string of the molecule is Cc1cc2ccc(=O)[nH]c2cc1O. The summed E-state index contributed by atoms with van der Waals surface area (Å²) < 4.78 is 0. The van der Waals surface area contributed by atoms with Crippen LogP contribution < -0.4 is 5.56 Å². The minimum Gasteiger partial charge on any atom is -0.508 e. The van der Waals surface area contributed by atoms with Crippen molar-refractivity contribution in [1.29, 1.82) is 0 Å². The van der Waals surface area contributed by atoms with E-state index in [1.807, 2.05) is 13.0 Å². The van der Waals surface area contributed by atoms with Gasteiger partial charge in [0.25, 0.3) is 0 Å². The van der Waals surface area contributed by atoms with Crippen molar-refractivity contribution >= 4 is 10.9 Å². The van der Waals surface area contributed by atoms with E-state index in [0.717, 1.165) is 10.9 Å². The molecule has 0 spiro atoms. The fourth-order valence-electron chi connectivity index (χ4n) is 1.30. The van der Waals surface area contributed by atoms with Crippen LogP contribution in [0.25, 0.3) is 10.9 Å². The Morgan fingerprint density at radius 3 is 2.85 bits per heavy atom. The Labute approximate surface area is 74.7 Å². The highest BCUT2D eigenvalue weighted by molar-refractivity contribution is 5.80. The topological polar surface area (TPSA) is 53.1 Å². The van der Waals surface area contributed by atoms with Gasteiger partial charge in [-0.05, 0) is 30.0 Å². The van der Waals surface area contributed by atoms with Gasteiger partial charge in [-0.25, -0.2) is 0 Å². The lowest BCUT2D eigenvalue weighted by Crippen LogP contribution is -2.02. The highest BCUT2D eigenvalue weighted by Crippen LogP contribution is 2.21. The summed E-state index contributed by atoms with van der Waals surface area (Å²) in [5.41, 5.74) is 1.31. The Kier molecular flexibility index (Phi) is 1.59. The normalized spacial score (nSPS) is 10.5. The third kappa shape index (κ3) is 1.28. The predicted octanol–water partition coefficient (Wildman–Crippen LogP) is 1.54. The fourth-order valence-corrected chi connectivity index (χ4v) is 1.30. The van der Waals surface area contributed by atoms with Crippen molar-refractivity contribution in [3.8, 4) is 5.75 Å². The van der Waals surface area contributed by atoms with Gasteiger partial charge in [0.15, 0.2) is 0 Å². The molecule has 0 aliphatic rings. The Hall–Kier alpha value is -1.77. The first kappa shape index (κ1) is 7.86. The molecular formula is C10H9NO2. The summed E-state index contributed by atoms with van der Waals surface area (Å²) in [5.74, 6) is 0.203. The number of pyridine rings is 1. The molecule has 2 N–H and O–H groups in total. The van der Waals surface area contributed by atoms with Gasteiger partial charge < -0.3 is 10.1 Å². The van der Waals surface area contributed by atoms with Crippen molar-refractivity contribution < 1.29 is 5.11 Å². The minimum absolute atomic E-state index is 0.157. The lowest BCUT2D eigenvalue weighted by atomic mass is 10.1. The molecule has 2 rings (SSSR count). The minimum atomic E-state index is -0.157. The molecule has 3 heteroatoms. The molecule has 66 valence electrons. The summed E-state index contributed by atoms with van der Waals surface area (Å²) in [7, 11) is 0. The summed E-state index contributed by atoms with van der Waals surface area (Å²) in [6.45, 7) is 1.82. The number of rotatable bonds is 0. The van der Waals surface area contributed by atoms with Crippen LogP contribution in [0.3, 0.4) is 0 Å². The highest BCUT2D eigenvalue weighted by atomic mass is 16.3. The number of H-pyrrole nitrogens is 1. The van der Waals surface area contributed by atoms with E-state index in [9.17, 15) is 9.90 Å². The molecule has 0 atom stereocenters. The second-order valence-electron chi connectivity index (χ2n) is 3.05. The third-order valence-corrected chi connectivity index (χ3v) is 2.04. The van der Waals surface area contributed by atoms with E-state index in [2.05, 4.69) is 4.98 Å². The predicted molar refractivity (Wildman–Crippen MR) is 51.0 cm³/mol. The maximum absolute atomic E-state index is 10.9. The van der Waals surface area contributed by atoms with Gasteiger partial charge in [0, 0.05) is 12.1 Å². The Morgan fingerprint density at radius 2 is 2.08 bits per heavy atom. The Balaban J connectivity index is 2.89. The van der Waals surface area contributed by atoms with E-state index in [-0.39, 0.29) is 11.3 Å². The zero-order valence-electron chi connectivity index (χ0n) is 7.16. The van der Waals surface area contributed by atoms with Gasteiger partial charge in [0.2, 0.25) is 5.56 Å². The smallest absolute Gasteiger partial charge is 0.248 e. The molecule has 1 heterocycles. The number of phenols is 1. The average Bonchev–Trinajstić information content (AvgIpc) is 2.08. The molecule has 1 aromatic carbocycles. The first-order chi connectivity index (χ1) is 6.16. The molecule has 0 saturated carbocycles. The number of aromatic nitrogens is 1. The van der Waals surface area contributed by atoms with Crippen LogP contribution in [0.1, 0.15) is 5.56 Å². The average molecular weight is 175 g/mol. The zero-order chi connectivity index (χ0) is 9.42. The van der Waals surface area contributed by atoms with E-state index in [1.54, 1.807) is 12.1 Å². The van der Waals surface area contributed by atoms with Crippen LogP contribution in [0.15, 0.2) is 29.1 Å². The molecular weight excluding hydrogens is 166 g/mol. The second kappa shape index (κ2) is 2.62. The first-order valence-corrected chi connectivity index (χ1v) is 3.99. The lowest BCUT2D eigenvalue weighted by Gasteiger charge is -2.01. The van der Waals surface area contributed by atoms with Crippen LogP contribution in [0.2, 0.25) is 0 Å². The van der Waals surface area contributed by atoms with Crippen molar-refractivity contribution in [3.63, 3.8) is 0 Å². The molecule has 2 aromatic rings. The standard InChI is InChI=1S/C10H9NO2/c1-6-4-7-2-3-10(13)11-8(7)5-9(6)12/h2-5,12H,1H3,(H,11,13). The molecule has 0 fully saturated rings. The molecule has 13 heavy (non-hydrogen) atoms. The van der Waals surface area contributed by atoms with Gasteiger partial charge in [-0.3, -0.25) is 4.79 Å². The van der Waals surface area contributed by atoms with Gasteiger partial charge >= 0.3 is 0 Å². The monoisotopic (exact) mass is 175 g/mol. The summed E-state index contributed by atoms with van der Waals surface area (Å²) in [6, 6.07) is 6.60. The van der Waals surface area contributed by atoms with Crippen molar-refractivity contribution in [1.82, 2.24) is 4.98 Å². The van der Waals surface area contributed by atoms with Gasteiger partial charge in [-0.1, -0.05) is 0 Å². The number of benzene rings is 1. The third-order valence-electron chi connectivity index (χ3n) is 2.04. The Bertz CT molecular complexity index is 514. The van der Waals surface area contributed by atoms with E-state index in [1.165, 1.54) is 6.07 Å². The van der Waals surface area contributed by atoms with E-state index in [0.29, 0.717) is 5.52 Å². The molecule has 3 nitrogen and oxygen atoms in total. The van der Waals surface area contributed by atoms with Gasteiger partial charge in [-0.15, -0.1) is 0 Å². The van der Waals surface area contributed by atoms with Crippen LogP contribution in [0.4, 0.5) is 0 Å². The maximum atomic E-state index is 10.9. The van der Waals surface area contributed by atoms with Crippen LogP contribution in [-0.4, -0.2) is 10.1 Å². The van der Waals surface area contributed by atoms with Crippen molar-refractivity contribution in [2.75, 3.05) is 0 Å². The fraction of sp³-hybridized carbons (Fsp3) is 0.100. The highest BCUT2D eigenvalue weighted by Gasteiger charge is 1.99. The number of hydrogen-bond acceptors (Lipinski definition) is 2. The van der Waals surface area contributed by atoms with E-state index in [4.69, 9.17) is 0 Å². The van der Waals surface area contributed by atoms with Crippen molar-refractivity contribution in [3.05, 3.63) is 40.2 Å². The van der Waals surface area contributed by atoms with Crippen LogP contribution in [0, 0.1) is 6.92 Å². The largest absolute Gasteiger partial charge is 0.508 e.